The van der Waals surface area contributed by atoms with Crippen LogP contribution in [0.2, 0.25) is 5.02 Å². The number of nitrogens with one attached hydrogen (secondary N) is 1. The van der Waals surface area contributed by atoms with Crippen molar-refractivity contribution >= 4 is 29.0 Å². The molecule has 0 aliphatic carbocycles. The van der Waals surface area contributed by atoms with Crippen LogP contribution in [0.5, 0.6) is 0 Å². The molecule has 0 bridgehead atoms. The molecule has 0 radical (unpaired) electrons. The van der Waals surface area contributed by atoms with Gasteiger partial charge >= 0.3 is 5.97 Å². The number of hydrogen-bond acceptors (Lipinski definition) is 4. The predicted molar refractivity (Wildman–Crippen MR) is 69.6 cm³/mol. The molecule has 1 rings (SSSR count). The lowest BCUT2D eigenvalue weighted by Gasteiger charge is -2.06. The average Bonchev–Trinajstić information content (AvgIpc) is 2.31. The highest BCUT2D eigenvalue weighted by Crippen LogP contribution is 2.24. The van der Waals surface area contributed by atoms with Gasteiger partial charge in [0, 0.05) is 0 Å². The van der Waals surface area contributed by atoms with E-state index in [2.05, 4.69) is 10.5 Å². The van der Waals surface area contributed by atoms with Gasteiger partial charge in [-0.3, -0.25) is 5.43 Å². The van der Waals surface area contributed by atoms with Gasteiger partial charge in [0.2, 0.25) is 0 Å². The lowest BCUT2D eigenvalue weighted by Crippen LogP contribution is -2.15. The van der Waals surface area contributed by atoms with E-state index < -0.39 is 5.97 Å². The number of anilines is 1. The number of ether oxygens (including phenoxy) is 1. The lowest BCUT2D eigenvalue weighted by molar-refractivity contribution is -0.135. The smallest absolute Gasteiger partial charge is 0.354 e. The molecule has 0 aliphatic heterocycles. The summed E-state index contributed by atoms with van der Waals surface area (Å²) in [6, 6.07) is 5.55. The van der Waals surface area contributed by atoms with Crippen LogP contribution in [0, 0.1) is 6.92 Å². The third-order valence-electron chi connectivity index (χ3n) is 2.11. The molecular weight excluding hydrogens is 240 g/mol. The molecule has 1 N–H and O–H groups in total. The Morgan fingerprint density at radius 3 is 2.88 bits per heavy atom. The normalized spacial score (nSPS) is 11.2. The van der Waals surface area contributed by atoms with Crippen molar-refractivity contribution in [3.05, 3.63) is 28.8 Å². The van der Waals surface area contributed by atoms with Crippen molar-refractivity contribution in [2.45, 2.75) is 20.8 Å². The molecule has 92 valence electrons. The molecule has 0 aromatic heterocycles. The maximum atomic E-state index is 11.3. The molecule has 0 spiro atoms. The minimum absolute atomic E-state index is 0.254. The SMILES string of the molecule is CCOC(=O)/C(C)=N/Nc1cccc(C)c1Cl. The van der Waals surface area contributed by atoms with Crippen molar-refractivity contribution in [3.8, 4) is 0 Å². The van der Waals surface area contributed by atoms with Crippen LogP contribution in [0.4, 0.5) is 5.69 Å². The molecule has 1 aromatic rings. The van der Waals surface area contributed by atoms with E-state index in [4.69, 9.17) is 16.3 Å². The van der Waals surface area contributed by atoms with E-state index in [1.807, 2.05) is 19.1 Å². The Morgan fingerprint density at radius 1 is 1.53 bits per heavy atom. The van der Waals surface area contributed by atoms with Crippen molar-refractivity contribution in [2.24, 2.45) is 5.10 Å². The van der Waals surface area contributed by atoms with Crippen molar-refractivity contribution in [3.63, 3.8) is 0 Å². The summed E-state index contributed by atoms with van der Waals surface area (Å²) in [7, 11) is 0. The predicted octanol–water partition coefficient (Wildman–Crippen LogP) is 3.00. The molecule has 0 amide bonds. The molecule has 17 heavy (non-hydrogen) atoms. The van der Waals surface area contributed by atoms with Crippen LogP contribution in [0.3, 0.4) is 0 Å². The first-order valence-electron chi connectivity index (χ1n) is 5.28. The number of hydrazone groups is 1. The Morgan fingerprint density at radius 2 is 2.24 bits per heavy atom. The number of hydrogen-bond donors (Lipinski definition) is 1. The Labute approximate surface area is 106 Å². The molecule has 0 saturated heterocycles. The number of halogens is 1. The van der Waals surface area contributed by atoms with E-state index in [0.29, 0.717) is 17.3 Å². The number of benzene rings is 1. The Hall–Kier alpha value is -1.55. The molecule has 4 nitrogen and oxygen atoms in total. The van der Waals surface area contributed by atoms with Crippen molar-refractivity contribution in [2.75, 3.05) is 12.0 Å². The molecule has 0 saturated carbocycles. The van der Waals surface area contributed by atoms with Crippen LogP contribution >= 0.6 is 11.6 Å². The van der Waals surface area contributed by atoms with Gasteiger partial charge < -0.3 is 4.74 Å². The summed E-state index contributed by atoms with van der Waals surface area (Å²) >= 11 is 6.07. The standard InChI is InChI=1S/C12H15ClN2O2/c1-4-17-12(16)9(3)14-15-10-7-5-6-8(2)11(10)13/h5-7,15H,4H2,1-3H3/b14-9+. The quantitative estimate of drug-likeness (QED) is 0.511. The van der Waals surface area contributed by atoms with E-state index in [1.165, 1.54) is 0 Å². The molecular formula is C12H15ClN2O2. The van der Waals surface area contributed by atoms with Crippen LogP contribution < -0.4 is 5.43 Å². The summed E-state index contributed by atoms with van der Waals surface area (Å²) in [4.78, 5) is 11.3. The second-order valence-electron chi connectivity index (χ2n) is 3.47. The fraction of sp³-hybridized carbons (Fsp3) is 0.333. The molecule has 0 aliphatic rings. The van der Waals surface area contributed by atoms with E-state index in [1.54, 1.807) is 19.9 Å². The van der Waals surface area contributed by atoms with Crippen molar-refractivity contribution in [1.29, 1.82) is 0 Å². The number of nitrogens with zero attached hydrogens (tertiary/aromatic N) is 1. The minimum atomic E-state index is -0.441. The first kappa shape index (κ1) is 13.5. The van der Waals surface area contributed by atoms with Crippen LogP contribution in [0.25, 0.3) is 0 Å². The largest absolute Gasteiger partial charge is 0.461 e. The van der Waals surface area contributed by atoms with E-state index in [-0.39, 0.29) is 5.71 Å². The van der Waals surface area contributed by atoms with Crippen LogP contribution in [-0.4, -0.2) is 18.3 Å². The van der Waals surface area contributed by atoms with Gasteiger partial charge in [0.05, 0.1) is 17.3 Å². The highest BCUT2D eigenvalue weighted by atomic mass is 35.5. The highest BCUT2D eigenvalue weighted by molar-refractivity contribution is 6.36. The number of aryl methyl sites for hydroxylation is 1. The fourth-order valence-electron chi connectivity index (χ4n) is 1.16. The van der Waals surface area contributed by atoms with Gasteiger partial charge in [-0.1, -0.05) is 23.7 Å². The molecule has 0 heterocycles. The molecule has 0 unspecified atom stereocenters. The molecule has 1 aromatic carbocycles. The summed E-state index contributed by atoms with van der Waals surface area (Å²) in [5.74, 6) is -0.441. The van der Waals surface area contributed by atoms with E-state index in [0.717, 1.165) is 5.56 Å². The number of rotatable bonds is 4. The Kier molecular flexibility index (Phi) is 4.97. The van der Waals surface area contributed by atoms with Crippen molar-refractivity contribution in [1.82, 2.24) is 0 Å². The van der Waals surface area contributed by atoms with Gasteiger partial charge in [-0.05, 0) is 32.4 Å². The summed E-state index contributed by atoms with van der Waals surface area (Å²) in [6.07, 6.45) is 0. The minimum Gasteiger partial charge on any atom is -0.461 e. The lowest BCUT2D eigenvalue weighted by atomic mass is 10.2. The third-order valence-corrected chi connectivity index (χ3v) is 2.61. The first-order valence-corrected chi connectivity index (χ1v) is 5.66. The van der Waals surface area contributed by atoms with Gasteiger partial charge in [0.1, 0.15) is 5.71 Å². The number of carbonyl (C=O) groups excluding carboxylic acids is 1. The Balaban J connectivity index is 2.75. The van der Waals surface area contributed by atoms with Gasteiger partial charge in [-0.2, -0.15) is 5.10 Å². The number of esters is 1. The zero-order valence-electron chi connectivity index (χ0n) is 10.1. The maximum Gasteiger partial charge on any atom is 0.354 e. The van der Waals surface area contributed by atoms with Gasteiger partial charge in [-0.25, -0.2) is 4.79 Å². The maximum absolute atomic E-state index is 11.3. The zero-order valence-corrected chi connectivity index (χ0v) is 10.8. The van der Waals surface area contributed by atoms with Gasteiger partial charge in [0.15, 0.2) is 0 Å². The van der Waals surface area contributed by atoms with Gasteiger partial charge in [-0.15, -0.1) is 0 Å². The highest BCUT2D eigenvalue weighted by Gasteiger charge is 2.07. The Bertz CT molecular complexity index is 444. The fourth-order valence-corrected chi connectivity index (χ4v) is 1.33. The van der Waals surface area contributed by atoms with E-state index in [9.17, 15) is 4.79 Å². The second-order valence-corrected chi connectivity index (χ2v) is 3.84. The van der Waals surface area contributed by atoms with Gasteiger partial charge in [0.25, 0.3) is 0 Å². The topological polar surface area (TPSA) is 50.7 Å². The van der Waals surface area contributed by atoms with Crippen LogP contribution in [0.1, 0.15) is 19.4 Å². The molecule has 5 heteroatoms. The molecule has 0 fully saturated rings. The van der Waals surface area contributed by atoms with Crippen LogP contribution in [0.15, 0.2) is 23.3 Å². The molecule has 0 atom stereocenters. The second kappa shape index (κ2) is 6.25. The average molecular weight is 255 g/mol. The summed E-state index contributed by atoms with van der Waals surface area (Å²) in [6.45, 7) is 5.55. The first-order chi connectivity index (χ1) is 8.06. The third kappa shape index (κ3) is 3.75. The monoisotopic (exact) mass is 254 g/mol. The summed E-state index contributed by atoms with van der Waals surface area (Å²) in [5.41, 5.74) is 4.61. The van der Waals surface area contributed by atoms with Crippen LogP contribution in [-0.2, 0) is 9.53 Å². The van der Waals surface area contributed by atoms with E-state index >= 15 is 0 Å². The summed E-state index contributed by atoms with van der Waals surface area (Å²) < 4.78 is 4.80. The summed E-state index contributed by atoms with van der Waals surface area (Å²) in [5, 5.41) is 4.51. The zero-order chi connectivity index (χ0) is 12.8. The van der Waals surface area contributed by atoms with Crippen molar-refractivity contribution < 1.29 is 9.53 Å². The number of carbonyl (C=O) groups is 1.